The highest BCUT2D eigenvalue weighted by Crippen LogP contribution is 2.39. The van der Waals surface area contributed by atoms with E-state index < -0.39 is 5.92 Å². The van der Waals surface area contributed by atoms with Crippen molar-refractivity contribution in [3.05, 3.63) is 47.5 Å². The van der Waals surface area contributed by atoms with Gasteiger partial charge in [0.2, 0.25) is 0 Å². The lowest BCUT2D eigenvalue weighted by Crippen LogP contribution is -2.05. The van der Waals surface area contributed by atoms with Crippen molar-refractivity contribution >= 4 is 10.8 Å². The molecule has 18 heavy (non-hydrogen) atoms. The highest BCUT2D eigenvalue weighted by Gasteiger charge is 2.30. The van der Waals surface area contributed by atoms with Crippen LogP contribution in [0.1, 0.15) is 23.5 Å². The van der Waals surface area contributed by atoms with Crippen molar-refractivity contribution in [3.63, 3.8) is 0 Å². The summed E-state index contributed by atoms with van der Waals surface area (Å²) in [5.74, 6) is -0.438. The molecule has 0 radical (unpaired) electrons. The average Bonchev–Trinajstić information content (AvgIpc) is 2.81. The maximum absolute atomic E-state index is 9.05. The predicted molar refractivity (Wildman–Crippen MR) is 69.7 cm³/mol. The molecule has 1 atom stereocenters. The zero-order valence-electron chi connectivity index (χ0n) is 9.93. The molecule has 2 aromatic carbocycles. The SMILES string of the molecule is N#CC(C#N)C1CCc2cc3ccccc3cc21. The van der Waals surface area contributed by atoms with Crippen molar-refractivity contribution < 1.29 is 0 Å². The first-order chi connectivity index (χ1) is 8.83. The first-order valence-electron chi connectivity index (χ1n) is 6.14. The van der Waals surface area contributed by atoms with Crippen LogP contribution in [-0.4, -0.2) is 0 Å². The number of fused-ring (bicyclic) bond motifs is 2. The van der Waals surface area contributed by atoms with Crippen LogP contribution in [0.25, 0.3) is 10.8 Å². The zero-order valence-corrected chi connectivity index (χ0v) is 9.93. The molecule has 2 aromatic rings. The van der Waals surface area contributed by atoms with Crippen LogP contribution in [0.3, 0.4) is 0 Å². The molecule has 2 heteroatoms. The fourth-order valence-electron chi connectivity index (χ4n) is 2.89. The van der Waals surface area contributed by atoms with E-state index in [0.717, 1.165) is 12.8 Å². The maximum Gasteiger partial charge on any atom is 0.140 e. The van der Waals surface area contributed by atoms with Gasteiger partial charge in [0.05, 0.1) is 12.1 Å². The fourth-order valence-corrected chi connectivity index (χ4v) is 2.89. The van der Waals surface area contributed by atoms with Crippen LogP contribution in [0.5, 0.6) is 0 Å². The van der Waals surface area contributed by atoms with Crippen molar-refractivity contribution in [1.29, 1.82) is 10.5 Å². The van der Waals surface area contributed by atoms with Crippen LogP contribution < -0.4 is 0 Å². The van der Waals surface area contributed by atoms with Crippen LogP contribution in [0.2, 0.25) is 0 Å². The lowest BCUT2D eigenvalue weighted by Gasteiger charge is -2.12. The highest BCUT2D eigenvalue weighted by molar-refractivity contribution is 5.84. The third kappa shape index (κ3) is 1.55. The molecule has 0 saturated carbocycles. The lowest BCUT2D eigenvalue weighted by atomic mass is 9.88. The first-order valence-corrected chi connectivity index (χ1v) is 6.14. The van der Waals surface area contributed by atoms with Gasteiger partial charge in [0, 0.05) is 5.92 Å². The van der Waals surface area contributed by atoms with Crippen molar-refractivity contribution in [2.24, 2.45) is 5.92 Å². The Morgan fingerprint density at radius 3 is 2.39 bits per heavy atom. The van der Waals surface area contributed by atoms with Crippen LogP contribution >= 0.6 is 0 Å². The summed E-state index contributed by atoms with van der Waals surface area (Å²) in [4.78, 5) is 0. The Morgan fingerprint density at radius 1 is 1.06 bits per heavy atom. The number of aryl methyl sites for hydroxylation is 1. The molecule has 0 aliphatic heterocycles. The van der Waals surface area contributed by atoms with E-state index >= 15 is 0 Å². The van der Waals surface area contributed by atoms with E-state index in [2.05, 4.69) is 36.4 Å². The van der Waals surface area contributed by atoms with Gasteiger partial charge in [-0.05, 0) is 34.7 Å². The van der Waals surface area contributed by atoms with E-state index in [9.17, 15) is 0 Å². The molecule has 1 aliphatic rings. The Bertz CT molecular complexity index is 674. The second kappa shape index (κ2) is 4.17. The number of nitriles is 2. The predicted octanol–water partition coefficient (Wildman–Crippen LogP) is 3.53. The van der Waals surface area contributed by atoms with E-state index in [0.29, 0.717) is 0 Å². The standard InChI is InChI=1S/C16H12N2/c17-9-14(10-18)15-6-5-13-7-11-3-1-2-4-12(11)8-16(13)15/h1-4,7-8,14-15H,5-6H2. The minimum atomic E-state index is -0.521. The monoisotopic (exact) mass is 232 g/mol. The van der Waals surface area contributed by atoms with Crippen LogP contribution in [-0.2, 0) is 6.42 Å². The van der Waals surface area contributed by atoms with Gasteiger partial charge in [0.25, 0.3) is 0 Å². The Kier molecular flexibility index (Phi) is 2.50. The van der Waals surface area contributed by atoms with Gasteiger partial charge < -0.3 is 0 Å². The molecule has 3 rings (SSSR count). The summed E-state index contributed by atoms with van der Waals surface area (Å²) in [6, 6.07) is 16.8. The Labute approximate surface area is 106 Å². The molecule has 0 amide bonds. The molecule has 1 unspecified atom stereocenters. The van der Waals surface area contributed by atoms with Gasteiger partial charge in [0.15, 0.2) is 0 Å². The van der Waals surface area contributed by atoms with Gasteiger partial charge in [0.1, 0.15) is 5.92 Å². The highest BCUT2D eigenvalue weighted by atomic mass is 14.4. The summed E-state index contributed by atoms with van der Waals surface area (Å²) in [6.07, 6.45) is 1.89. The van der Waals surface area contributed by atoms with Gasteiger partial charge in [-0.1, -0.05) is 36.4 Å². The van der Waals surface area contributed by atoms with Crippen LogP contribution in [0, 0.1) is 28.6 Å². The quantitative estimate of drug-likeness (QED) is 0.755. The summed E-state index contributed by atoms with van der Waals surface area (Å²) in [5.41, 5.74) is 2.50. The molecule has 0 N–H and O–H groups in total. The van der Waals surface area contributed by atoms with Gasteiger partial charge in [-0.15, -0.1) is 0 Å². The molecule has 0 fully saturated rings. The van der Waals surface area contributed by atoms with Crippen molar-refractivity contribution in [3.8, 4) is 12.1 Å². The number of rotatable bonds is 1. The van der Waals surface area contributed by atoms with Crippen molar-refractivity contribution in [2.75, 3.05) is 0 Å². The molecule has 0 heterocycles. The second-order valence-electron chi connectivity index (χ2n) is 4.78. The third-order valence-electron chi connectivity index (χ3n) is 3.81. The summed E-state index contributed by atoms with van der Waals surface area (Å²) >= 11 is 0. The Morgan fingerprint density at radius 2 is 1.72 bits per heavy atom. The summed E-state index contributed by atoms with van der Waals surface area (Å²) < 4.78 is 0. The number of hydrogen-bond donors (Lipinski definition) is 0. The third-order valence-corrected chi connectivity index (χ3v) is 3.81. The number of hydrogen-bond acceptors (Lipinski definition) is 2. The van der Waals surface area contributed by atoms with Crippen molar-refractivity contribution in [1.82, 2.24) is 0 Å². The van der Waals surface area contributed by atoms with E-state index in [1.807, 2.05) is 12.1 Å². The molecule has 0 aromatic heterocycles. The largest absolute Gasteiger partial charge is 0.197 e. The van der Waals surface area contributed by atoms with Crippen LogP contribution in [0.15, 0.2) is 36.4 Å². The molecular formula is C16H12N2. The van der Waals surface area contributed by atoms with Gasteiger partial charge in [-0.3, -0.25) is 0 Å². The lowest BCUT2D eigenvalue weighted by molar-refractivity contribution is 0.606. The molecule has 2 nitrogen and oxygen atoms in total. The first kappa shape index (κ1) is 10.8. The smallest absolute Gasteiger partial charge is 0.140 e. The van der Waals surface area contributed by atoms with E-state index in [4.69, 9.17) is 10.5 Å². The summed E-state index contributed by atoms with van der Waals surface area (Å²) in [5, 5.41) is 20.5. The average molecular weight is 232 g/mol. The maximum atomic E-state index is 9.05. The second-order valence-corrected chi connectivity index (χ2v) is 4.78. The summed E-state index contributed by atoms with van der Waals surface area (Å²) in [6.45, 7) is 0. The molecule has 0 saturated heterocycles. The normalized spacial score (nSPS) is 17.4. The zero-order chi connectivity index (χ0) is 12.5. The minimum absolute atomic E-state index is 0.0830. The topological polar surface area (TPSA) is 47.6 Å². The van der Waals surface area contributed by atoms with Crippen molar-refractivity contribution in [2.45, 2.75) is 18.8 Å². The van der Waals surface area contributed by atoms with Crippen LogP contribution in [0.4, 0.5) is 0 Å². The summed E-state index contributed by atoms with van der Waals surface area (Å²) in [7, 11) is 0. The minimum Gasteiger partial charge on any atom is -0.197 e. The molecule has 0 bridgehead atoms. The Balaban J connectivity index is 2.15. The molecule has 1 aliphatic carbocycles. The number of benzene rings is 2. The van der Waals surface area contributed by atoms with E-state index in [1.165, 1.54) is 21.9 Å². The van der Waals surface area contributed by atoms with E-state index in [-0.39, 0.29) is 5.92 Å². The van der Waals surface area contributed by atoms with Gasteiger partial charge >= 0.3 is 0 Å². The molecule has 86 valence electrons. The van der Waals surface area contributed by atoms with Gasteiger partial charge in [-0.2, -0.15) is 10.5 Å². The molecular weight excluding hydrogens is 220 g/mol. The fraction of sp³-hybridized carbons (Fsp3) is 0.250. The number of nitrogens with zero attached hydrogens (tertiary/aromatic N) is 2. The Hall–Kier alpha value is -2.32. The molecule has 0 spiro atoms. The van der Waals surface area contributed by atoms with Gasteiger partial charge in [-0.25, -0.2) is 0 Å². The van der Waals surface area contributed by atoms with E-state index in [1.54, 1.807) is 0 Å².